The average Bonchev–Trinajstić information content (AvgIpc) is 2.76. The number of aromatic hydroxyl groups is 3. The third kappa shape index (κ3) is 11.8. The Morgan fingerprint density at radius 2 is 0.676 bits per heavy atom. The second-order valence-electron chi connectivity index (χ2n) is 6.21. The van der Waals surface area contributed by atoms with Gasteiger partial charge in [0.15, 0.2) is 0 Å². The molecule has 9 nitrogen and oxygen atoms in total. The summed E-state index contributed by atoms with van der Waals surface area (Å²) in [5.41, 5.74) is -0.482. The summed E-state index contributed by atoms with van der Waals surface area (Å²) < 4.78 is 3.81. The summed E-state index contributed by atoms with van der Waals surface area (Å²) in [4.78, 5) is 31.3. The largest absolute Gasteiger partial charge is 3.00 e. The molecule has 0 saturated carbocycles. The second-order valence-corrected chi connectivity index (χ2v) is 13.4. The first-order chi connectivity index (χ1) is 16.6. The molecule has 0 fully saturated rings. The van der Waals surface area contributed by atoms with Crippen molar-refractivity contribution in [2.24, 2.45) is 0 Å². The maximum absolute atomic E-state index is 10.4. The first kappa shape index (κ1) is 37.4. The molecule has 0 spiro atoms. The Labute approximate surface area is 302 Å². The first-order valence-electron chi connectivity index (χ1n) is 8.74. The number of rotatable bonds is 3. The van der Waals surface area contributed by atoms with Gasteiger partial charge in [0.2, 0.25) is 0 Å². The topological polar surface area (TPSA) is 181 Å². The van der Waals surface area contributed by atoms with Crippen LogP contribution in [0.4, 0.5) is 0 Å². The Hall–Kier alpha value is 0.382. The second kappa shape index (κ2) is 17.3. The molecule has 3 rings (SSSR count). The van der Waals surface area contributed by atoms with Crippen molar-refractivity contribution in [1.29, 1.82) is 0 Å². The maximum atomic E-state index is 10.4. The standard InChI is InChI=1S/3C7H4I2O3.Al/c3*8-3-1-4(7(11)12)6(10)5(9)2-3;/h3*1-2,10H,(H,11,12);/q;;;+3/p-3. The molecule has 0 radical (unpaired) electrons. The number of hydrogen-bond donors (Lipinski definition) is 3. The summed E-state index contributed by atoms with van der Waals surface area (Å²) in [5.74, 6) is -4.75. The van der Waals surface area contributed by atoms with Crippen LogP contribution in [0.1, 0.15) is 31.1 Å². The van der Waals surface area contributed by atoms with Crippen LogP contribution in [-0.4, -0.2) is 50.6 Å². The molecule has 0 unspecified atom stereocenters. The molecule has 0 aliphatic carbocycles. The van der Waals surface area contributed by atoms with Crippen molar-refractivity contribution in [3.63, 3.8) is 0 Å². The number of hydrogen-bond acceptors (Lipinski definition) is 9. The molecule has 37 heavy (non-hydrogen) atoms. The van der Waals surface area contributed by atoms with Crippen molar-refractivity contribution in [3.05, 3.63) is 74.5 Å². The van der Waals surface area contributed by atoms with Crippen LogP contribution in [0.2, 0.25) is 0 Å². The van der Waals surface area contributed by atoms with E-state index < -0.39 is 17.9 Å². The van der Waals surface area contributed by atoms with Gasteiger partial charge in [0, 0.05) is 27.4 Å². The summed E-state index contributed by atoms with van der Waals surface area (Å²) in [6, 6.07) is 9.16. The predicted octanol–water partition coefficient (Wildman–Crippen LogP) is 2.51. The third-order valence-electron chi connectivity index (χ3n) is 3.74. The van der Waals surface area contributed by atoms with E-state index in [1.807, 2.05) is 136 Å². The fraction of sp³-hybridized carbons (Fsp3) is 0. The zero-order valence-electron chi connectivity index (χ0n) is 17.6. The van der Waals surface area contributed by atoms with Crippen LogP contribution < -0.4 is 15.3 Å². The molecule has 0 aliphatic heterocycles. The van der Waals surface area contributed by atoms with Gasteiger partial charge < -0.3 is 45.0 Å². The molecule has 0 aliphatic rings. The van der Waals surface area contributed by atoms with Crippen LogP contribution in [-0.2, 0) is 0 Å². The van der Waals surface area contributed by atoms with Gasteiger partial charge in [0.1, 0.15) is 17.2 Å². The monoisotopic (exact) mass is 1190 g/mol. The van der Waals surface area contributed by atoms with Crippen LogP contribution in [0.15, 0.2) is 36.4 Å². The molecule has 0 atom stereocenters. The van der Waals surface area contributed by atoms with E-state index in [4.69, 9.17) is 0 Å². The normalized spacial score (nSPS) is 9.57. The van der Waals surface area contributed by atoms with Crippen molar-refractivity contribution < 1.29 is 45.0 Å². The van der Waals surface area contributed by atoms with Crippen LogP contribution in [0, 0.1) is 21.4 Å². The van der Waals surface area contributed by atoms with Gasteiger partial charge in [-0.3, -0.25) is 0 Å². The number of carbonyl (C=O) groups excluding carboxylic acids is 3. The van der Waals surface area contributed by atoms with Gasteiger partial charge in [-0.2, -0.15) is 0 Å². The van der Waals surface area contributed by atoms with Gasteiger partial charge in [-0.25, -0.2) is 0 Å². The molecule has 3 aromatic carbocycles. The van der Waals surface area contributed by atoms with Gasteiger partial charge in [-0.1, -0.05) is 0 Å². The van der Waals surface area contributed by atoms with Crippen LogP contribution in [0.3, 0.4) is 0 Å². The van der Waals surface area contributed by atoms with E-state index in [0.29, 0.717) is 10.7 Å². The SMILES string of the molecule is O=C([O-])c1cc(I)cc(I)c1O.O=C([O-])c1cc(I)cc(I)c1O.O=C([O-])c1cc(I)cc(I)c1O.[Al+3]. The van der Waals surface area contributed by atoms with E-state index in [2.05, 4.69) is 0 Å². The van der Waals surface area contributed by atoms with Crippen LogP contribution in [0.25, 0.3) is 0 Å². The number of carboxylic acid groups (broad SMARTS) is 3. The maximum Gasteiger partial charge on any atom is 3.00 e. The molecule has 3 N–H and O–H groups in total. The summed E-state index contributed by atoms with van der Waals surface area (Å²) in [5, 5.41) is 59.1. The number of phenols is 3. The average molecular weight is 1190 g/mol. The van der Waals surface area contributed by atoms with E-state index in [-0.39, 0.29) is 51.3 Å². The molecule has 16 heteroatoms. The summed E-state index contributed by atoms with van der Waals surface area (Å²) in [6.45, 7) is 0. The van der Waals surface area contributed by atoms with E-state index in [1.165, 1.54) is 18.2 Å². The molecule has 0 heterocycles. The van der Waals surface area contributed by atoms with Crippen molar-refractivity contribution in [1.82, 2.24) is 0 Å². The fourth-order valence-electron chi connectivity index (χ4n) is 2.16. The Balaban J connectivity index is 0.000000518. The number of halogens is 6. The van der Waals surface area contributed by atoms with Crippen molar-refractivity contribution in [3.8, 4) is 17.2 Å². The van der Waals surface area contributed by atoms with Crippen LogP contribution >= 0.6 is 136 Å². The Morgan fingerprint density at radius 3 is 0.838 bits per heavy atom. The fourth-order valence-corrected chi connectivity index (χ4v) is 7.70. The van der Waals surface area contributed by atoms with E-state index >= 15 is 0 Å². The Bertz CT molecular complexity index is 1170. The summed E-state index contributed by atoms with van der Waals surface area (Å²) in [7, 11) is 0. The molecule has 0 amide bonds. The molecule has 0 aromatic heterocycles. The predicted molar refractivity (Wildman–Crippen MR) is 179 cm³/mol. The van der Waals surface area contributed by atoms with Crippen molar-refractivity contribution in [2.45, 2.75) is 0 Å². The molecule has 3 aromatic rings. The minimum atomic E-state index is -1.36. The number of aromatic carboxylic acids is 3. The molecule has 0 saturated heterocycles. The minimum Gasteiger partial charge on any atom is -0.545 e. The quantitative estimate of drug-likeness (QED) is 0.263. The first-order valence-corrected chi connectivity index (χ1v) is 15.2. The van der Waals surface area contributed by atoms with Gasteiger partial charge in [-0.05, 0) is 172 Å². The summed E-state index contributed by atoms with van der Waals surface area (Å²) in [6.07, 6.45) is 0. The molecular formula is C21H9AlI6O9. The van der Waals surface area contributed by atoms with Crippen molar-refractivity contribution in [2.75, 3.05) is 0 Å². The van der Waals surface area contributed by atoms with Gasteiger partial charge in [0.25, 0.3) is 0 Å². The van der Waals surface area contributed by atoms with E-state index in [9.17, 15) is 45.0 Å². The molecular weight excluding hydrogens is 1180 g/mol. The van der Waals surface area contributed by atoms with Gasteiger partial charge in [0.05, 0.1) is 28.6 Å². The molecule has 0 bridgehead atoms. The number of benzene rings is 3. The smallest absolute Gasteiger partial charge is 0.545 e. The van der Waals surface area contributed by atoms with E-state index in [0.717, 1.165) is 10.7 Å². The van der Waals surface area contributed by atoms with Gasteiger partial charge >= 0.3 is 17.4 Å². The molecule has 192 valence electrons. The zero-order valence-corrected chi connectivity index (χ0v) is 31.7. The van der Waals surface area contributed by atoms with E-state index in [1.54, 1.807) is 18.2 Å². The summed E-state index contributed by atoms with van der Waals surface area (Å²) >= 11 is 11.5. The minimum absolute atomic E-state index is 0. The van der Waals surface area contributed by atoms with Gasteiger partial charge in [-0.15, -0.1) is 0 Å². The Morgan fingerprint density at radius 1 is 0.486 bits per heavy atom. The Kier molecular flexibility index (Phi) is 17.4. The van der Waals surface area contributed by atoms with Crippen molar-refractivity contribution >= 4 is 171 Å². The zero-order chi connectivity index (χ0) is 27.9. The van der Waals surface area contributed by atoms with Crippen LogP contribution in [0.5, 0.6) is 17.2 Å². The third-order valence-corrected chi connectivity index (χ3v) is 8.08. The number of carboxylic acids is 3. The number of carbonyl (C=O) groups is 3.